The van der Waals surface area contributed by atoms with E-state index in [9.17, 15) is 4.79 Å². The second-order valence-electron chi connectivity index (χ2n) is 7.63. The van der Waals surface area contributed by atoms with Crippen LogP contribution < -0.4 is 10.1 Å². The van der Waals surface area contributed by atoms with Gasteiger partial charge in [-0.1, -0.05) is 35.3 Å². The fraction of sp³-hybridized carbons (Fsp3) is 0.292. The van der Waals surface area contributed by atoms with Crippen molar-refractivity contribution in [1.29, 1.82) is 0 Å². The maximum Gasteiger partial charge on any atom is 0.215 e. The van der Waals surface area contributed by atoms with Crippen LogP contribution in [0.4, 0.5) is 11.6 Å². The highest BCUT2D eigenvalue weighted by Crippen LogP contribution is 2.26. The Hall–Kier alpha value is -2.67. The molecule has 1 saturated heterocycles. The van der Waals surface area contributed by atoms with Gasteiger partial charge < -0.3 is 10.1 Å². The fourth-order valence-corrected chi connectivity index (χ4v) is 4.28. The molecule has 4 rings (SSSR count). The van der Waals surface area contributed by atoms with Crippen molar-refractivity contribution in [2.75, 3.05) is 31.6 Å². The van der Waals surface area contributed by atoms with E-state index in [0.29, 0.717) is 39.7 Å². The van der Waals surface area contributed by atoms with Gasteiger partial charge in [-0.25, -0.2) is 4.98 Å². The van der Waals surface area contributed by atoms with Crippen LogP contribution in [0.5, 0.6) is 5.88 Å². The van der Waals surface area contributed by atoms with Gasteiger partial charge in [0.05, 0.1) is 15.6 Å². The molecular weight excluding hydrogens is 447 g/mol. The Morgan fingerprint density at radius 3 is 2.56 bits per heavy atom. The third-order valence-electron chi connectivity index (χ3n) is 5.27. The van der Waals surface area contributed by atoms with Crippen molar-refractivity contribution in [3.63, 3.8) is 0 Å². The molecule has 3 aromatic rings. The van der Waals surface area contributed by atoms with Gasteiger partial charge in [0, 0.05) is 25.2 Å². The van der Waals surface area contributed by atoms with Crippen LogP contribution in [0.1, 0.15) is 28.8 Å². The van der Waals surface area contributed by atoms with Gasteiger partial charge in [-0.15, -0.1) is 0 Å². The van der Waals surface area contributed by atoms with Crippen molar-refractivity contribution < 1.29 is 9.53 Å². The van der Waals surface area contributed by atoms with Gasteiger partial charge in [0.25, 0.3) is 0 Å². The number of anilines is 2. The number of Topliss-reactive ketones (excluding diaryl/α,β-unsaturated/α-hetero) is 1. The molecule has 0 saturated carbocycles. The molecule has 0 aliphatic carbocycles. The van der Waals surface area contributed by atoms with Crippen LogP contribution in [-0.4, -0.2) is 46.9 Å². The molecule has 3 heterocycles. The Labute approximate surface area is 197 Å². The maximum absolute atomic E-state index is 12.7. The molecule has 1 fully saturated rings. The first-order chi connectivity index (χ1) is 15.6. The number of pyridine rings is 2. The van der Waals surface area contributed by atoms with Crippen molar-refractivity contribution in [2.45, 2.75) is 19.3 Å². The third kappa shape index (κ3) is 5.97. The number of rotatable bonds is 9. The Bertz CT molecular complexity index is 1070. The van der Waals surface area contributed by atoms with E-state index in [2.05, 4.69) is 20.2 Å². The number of ketones is 1. The highest BCUT2D eigenvalue weighted by Gasteiger charge is 2.15. The van der Waals surface area contributed by atoms with E-state index in [-0.39, 0.29) is 12.2 Å². The molecule has 0 atom stereocenters. The minimum Gasteiger partial charge on any atom is -0.476 e. The second kappa shape index (κ2) is 10.8. The molecule has 0 spiro atoms. The van der Waals surface area contributed by atoms with Gasteiger partial charge in [0.1, 0.15) is 18.2 Å². The van der Waals surface area contributed by atoms with E-state index in [4.69, 9.17) is 27.9 Å². The number of hydrogen-bond acceptors (Lipinski definition) is 6. The van der Waals surface area contributed by atoms with E-state index in [1.54, 1.807) is 30.5 Å². The zero-order chi connectivity index (χ0) is 22.3. The van der Waals surface area contributed by atoms with E-state index in [0.717, 1.165) is 25.2 Å². The topological polar surface area (TPSA) is 67.3 Å². The summed E-state index contributed by atoms with van der Waals surface area (Å²) in [6.07, 6.45) is 4.34. The molecule has 0 radical (unpaired) electrons. The van der Waals surface area contributed by atoms with E-state index in [1.165, 1.54) is 12.8 Å². The number of halogens is 2. The van der Waals surface area contributed by atoms with Crippen LogP contribution >= 0.6 is 23.2 Å². The van der Waals surface area contributed by atoms with Crippen molar-refractivity contribution >= 4 is 40.6 Å². The van der Waals surface area contributed by atoms with Crippen LogP contribution in [0.25, 0.3) is 0 Å². The number of nitrogens with zero attached hydrogens (tertiary/aromatic N) is 3. The molecule has 1 aliphatic heterocycles. The number of nitrogens with one attached hydrogen (secondary N) is 1. The molecule has 1 aromatic carbocycles. The largest absolute Gasteiger partial charge is 0.476 e. The van der Waals surface area contributed by atoms with Gasteiger partial charge in [-0.2, -0.15) is 4.98 Å². The first-order valence-electron chi connectivity index (χ1n) is 10.6. The number of likely N-dealkylation sites (tertiary alicyclic amines) is 1. The number of benzene rings is 1. The minimum absolute atomic E-state index is 0.149. The monoisotopic (exact) mass is 470 g/mol. The Balaban J connectivity index is 1.38. The van der Waals surface area contributed by atoms with Gasteiger partial charge in [0.2, 0.25) is 5.88 Å². The SMILES string of the molecule is O=C(Cc1ccnc(Nc2cccc(OCCN3CCCC3)n2)c1)c1c(Cl)cccc1Cl. The normalized spacial score (nSPS) is 13.8. The van der Waals surface area contributed by atoms with Crippen molar-refractivity contribution in [3.8, 4) is 5.88 Å². The Morgan fingerprint density at radius 1 is 1.03 bits per heavy atom. The summed E-state index contributed by atoms with van der Waals surface area (Å²) in [4.78, 5) is 24.0. The molecule has 8 heteroatoms. The summed E-state index contributed by atoms with van der Waals surface area (Å²) >= 11 is 12.3. The van der Waals surface area contributed by atoms with Crippen LogP contribution in [-0.2, 0) is 6.42 Å². The molecule has 2 aromatic heterocycles. The molecule has 1 aliphatic rings. The van der Waals surface area contributed by atoms with Gasteiger partial charge in [0.15, 0.2) is 5.78 Å². The molecular formula is C24H24Cl2N4O2. The van der Waals surface area contributed by atoms with Crippen LogP contribution in [0.3, 0.4) is 0 Å². The predicted molar refractivity (Wildman–Crippen MR) is 127 cm³/mol. The Kier molecular flexibility index (Phi) is 7.58. The highest BCUT2D eigenvalue weighted by molar-refractivity contribution is 6.39. The average Bonchev–Trinajstić information content (AvgIpc) is 3.28. The minimum atomic E-state index is -0.149. The highest BCUT2D eigenvalue weighted by atomic mass is 35.5. The molecule has 32 heavy (non-hydrogen) atoms. The summed E-state index contributed by atoms with van der Waals surface area (Å²) in [5, 5.41) is 3.87. The lowest BCUT2D eigenvalue weighted by Gasteiger charge is -2.14. The number of carbonyl (C=O) groups is 1. The molecule has 0 unspecified atom stereocenters. The van der Waals surface area contributed by atoms with Crippen LogP contribution in [0.15, 0.2) is 54.7 Å². The summed E-state index contributed by atoms with van der Waals surface area (Å²) in [5.74, 6) is 1.62. The lowest BCUT2D eigenvalue weighted by Crippen LogP contribution is -2.25. The molecule has 0 bridgehead atoms. The van der Waals surface area contributed by atoms with Crippen LogP contribution in [0, 0.1) is 0 Å². The van der Waals surface area contributed by atoms with E-state index < -0.39 is 0 Å². The number of ether oxygens (including phenoxy) is 1. The summed E-state index contributed by atoms with van der Waals surface area (Å²) < 4.78 is 5.81. The van der Waals surface area contributed by atoms with Gasteiger partial charge in [-0.05, 0) is 61.8 Å². The average molecular weight is 471 g/mol. The number of aromatic nitrogens is 2. The fourth-order valence-electron chi connectivity index (χ4n) is 3.67. The summed E-state index contributed by atoms with van der Waals surface area (Å²) in [6, 6.07) is 14.2. The summed E-state index contributed by atoms with van der Waals surface area (Å²) in [6.45, 7) is 3.81. The third-order valence-corrected chi connectivity index (χ3v) is 5.90. The lowest BCUT2D eigenvalue weighted by atomic mass is 10.0. The quantitative estimate of drug-likeness (QED) is 0.420. The summed E-state index contributed by atoms with van der Waals surface area (Å²) in [5.41, 5.74) is 1.13. The van der Waals surface area contributed by atoms with E-state index in [1.807, 2.05) is 24.3 Å². The first kappa shape index (κ1) is 22.5. The van der Waals surface area contributed by atoms with E-state index >= 15 is 0 Å². The summed E-state index contributed by atoms with van der Waals surface area (Å²) in [7, 11) is 0. The zero-order valence-corrected chi connectivity index (χ0v) is 19.1. The Morgan fingerprint density at radius 2 is 1.78 bits per heavy atom. The number of carbonyl (C=O) groups excluding carboxylic acids is 1. The van der Waals surface area contributed by atoms with Crippen molar-refractivity contribution in [2.24, 2.45) is 0 Å². The first-order valence-corrected chi connectivity index (χ1v) is 11.4. The molecule has 0 amide bonds. The molecule has 166 valence electrons. The predicted octanol–water partition coefficient (Wildman–Crippen LogP) is 5.43. The number of hydrogen-bond donors (Lipinski definition) is 1. The second-order valence-corrected chi connectivity index (χ2v) is 8.44. The van der Waals surface area contributed by atoms with Crippen LogP contribution in [0.2, 0.25) is 10.0 Å². The molecule has 1 N–H and O–H groups in total. The molecule has 6 nitrogen and oxygen atoms in total. The van der Waals surface area contributed by atoms with Gasteiger partial charge >= 0.3 is 0 Å². The zero-order valence-electron chi connectivity index (χ0n) is 17.6. The van der Waals surface area contributed by atoms with Crippen molar-refractivity contribution in [1.82, 2.24) is 14.9 Å². The lowest BCUT2D eigenvalue weighted by molar-refractivity contribution is 0.0993. The standard InChI is InChI=1S/C24H24Cl2N4O2/c25-18-5-3-6-19(26)24(18)20(31)15-17-9-10-27-22(16-17)28-21-7-4-8-23(29-21)32-14-13-30-11-1-2-12-30/h3-10,16H,1-2,11-15H2,(H,27,28,29). The maximum atomic E-state index is 12.7. The van der Waals surface area contributed by atoms with Crippen molar-refractivity contribution in [3.05, 3.63) is 75.9 Å². The smallest absolute Gasteiger partial charge is 0.215 e. The van der Waals surface area contributed by atoms with Gasteiger partial charge in [-0.3, -0.25) is 9.69 Å².